The lowest BCUT2D eigenvalue weighted by molar-refractivity contribution is -0.135. The van der Waals surface area contributed by atoms with Crippen LogP contribution in [0.2, 0.25) is 0 Å². The molecule has 0 fully saturated rings. The molecule has 0 spiro atoms. The Balaban J connectivity index is 3.19. The van der Waals surface area contributed by atoms with Crippen molar-refractivity contribution in [2.24, 2.45) is 45.5 Å². The fourth-order valence-corrected chi connectivity index (χ4v) is 4.67. The zero-order valence-electron chi connectivity index (χ0n) is 27.4. The molecule has 0 aliphatic rings. The van der Waals surface area contributed by atoms with E-state index in [0.717, 1.165) is 0 Å². The molecule has 0 bridgehead atoms. The summed E-state index contributed by atoms with van der Waals surface area (Å²) in [5, 5.41) is 16.8. The summed E-state index contributed by atoms with van der Waals surface area (Å²) in [5.74, 6) is -6.59. The number of primary amides is 2. The van der Waals surface area contributed by atoms with Crippen LogP contribution in [0.5, 0.6) is 0 Å². The molecule has 0 saturated heterocycles. The van der Waals surface area contributed by atoms with Gasteiger partial charge in [0.25, 0.3) is 0 Å². The van der Waals surface area contributed by atoms with Crippen LogP contribution in [0.15, 0.2) is 35.3 Å². The van der Waals surface area contributed by atoms with E-state index in [1.807, 2.05) is 0 Å². The highest BCUT2D eigenvalue weighted by atomic mass is 16.3. The minimum Gasteiger partial charge on any atom is -0.394 e. The molecule has 1 rings (SSSR count). The highest BCUT2D eigenvalue weighted by Gasteiger charge is 2.32. The maximum absolute atomic E-state index is 13.6. The lowest BCUT2D eigenvalue weighted by Gasteiger charge is -2.24. The van der Waals surface area contributed by atoms with Gasteiger partial charge in [0.15, 0.2) is 17.5 Å². The fourth-order valence-electron chi connectivity index (χ4n) is 4.67. The van der Waals surface area contributed by atoms with Gasteiger partial charge in [0, 0.05) is 31.7 Å². The van der Waals surface area contributed by atoms with Crippen LogP contribution in [0, 0.1) is 11.8 Å². The van der Waals surface area contributed by atoms with Gasteiger partial charge in [-0.1, -0.05) is 44.2 Å². The molecule has 0 aromatic heterocycles. The summed E-state index contributed by atoms with van der Waals surface area (Å²) in [6.45, 7) is 2.82. The molecule has 0 heterocycles. The number of carbonyl (C=O) groups excluding carboxylic acids is 7. The molecule has 48 heavy (non-hydrogen) atoms. The molecule has 266 valence electrons. The Morgan fingerprint density at radius 3 is 1.98 bits per heavy atom. The van der Waals surface area contributed by atoms with Crippen LogP contribution in [0.4, 0.5) is 0 Å². The van der Waals surface area contributed by atoms with Gasteiger partial charge in [0.2, 0.25) is 29.5 Å². The van der Waals surface area contributed by atoms with Crippen molar-refractivity contribution in [1.82, 2.24) is 16.0 Å². The van der Waals surface area contributed by atoms with Crippen molar-refractivity contribution in [3.8, 4) is 0 Å². The number of guanidine groups is 1. The molecule has 5 amide bonds. The second kappa shape index (κ2) is 21.1. The van der Waals surface area contributed by atoms with Gasteiger partial charge in [-0.2, -0.15) is 0 Å². The Hall–Kier alpha value is -4.90. The third-order valence-electron chi connectivity index (χ3n) is 7.34. The number of aliphatic hydroxyl groups is 1. The van der Waals surface area contributed by atoms with Crippen molar-refractivity contribution >= 4 is 47.1 Å². The number of Topliss-reactive ketones (excluding diaryl/α,β-unsaturated/α-hetero) is 2. The number of benzene rings is 1. The average molecular weight is 676 g/mol. The third kappa shape index (κ3) is 15.6. The number of nitrogens with one attached hydrogen (secondary N) is 3. The summed E-state index contributed by atoms with van der Waals surface area (Å²) < 4.78 is 0. The summed E-state index contributed by atoms with van der Waals surface area (Å²) in [5.41, 5.74) is 27.8. The van der Waals surface area contributed by atoms with Gasteiger partial charge >= 0.3 is 0 Å². The molecule has 1 aromatic rings. The van der Waals surface area contributed by atoms with Gasteiger partial charge in [0.1, 0.15) is 12.1 Å². The first kappa shape index (κ1) is 41.1. The number of ketones is 2. The molecule has 0 saturated carbocycles. The van der Waals surface area contributed by atoms with Gasteiger partial charge in [-0.3, -0.25) is 38.6 Å². The van der Waals surface area contributed by atoms with Crippen LogP contribution in [0.1, 0.15) is 57.9 Å². The first-order valence-corrected chi connectivity index (χ1v) is 15.5. The van der Waals surface area contributed by atoms with E-state index >= 15 is 0 Å². The third-order valence-corrected chi connectivity index (χ3v) is 7.34. The number of amides is 5. The molecular formula is C31H49N9O8. The van der Waals surface area contributed by atoms with Crippen LogP contribution in [-0.4, -0.2) is 89.5 Å². The summed E-state index contributed by atoms with van der Waals surface area (Å²) in [6.07, 6.45) is -1.37. The zero-order valence-corrected chi connectivity index (χ0v) is 27.4. The fraction of sp³-hybridized carbons (Fsp3) is 0.548. The Morgan fingerprint density at radius 2 is 1.44 bits per heavy atom. The van der Waals surface area contributed by atoms with E-state index in [1.54, 1.807) is 44.2 Å². The average Bonchev–Trinajstić information content (AvgIpc) is 3.02. The van der Waals surface area contributed by atoms with Crippen molar-refractivity contribution in [1.29, 1.82) is 0 Å². The molecule has 0 radical (unpaired) electrons. The number of carbonyl (C=O) groups is 7. The number of hydrogen-bond donors (Lipinski definition) is 9. The summed E-state index contributed by atoms with van der Waals surface area (Å²) >= 11 is 0. The van der Waals surface area contributed by atoms with Crippen molar-refractivity contribution < 1.29 is 38.7 Å². The van der Waals surface area contributed by atoms with Gasteiger partial charge in [-0.25, -0.2) is 0 Å². The van der Waals surface area contributed by atoms with E-state index in [9.17, 15) is 38.7 Å². The number of aliphatic imine (C=N–C) groups is 1. The molecule has 1 unspecified atom stereocenters. The first-order valence-electron chi connectivity index (χ1n) is 15.5. The quantitative estimate of drug-likeness (QED) is 0.0320. The Labute approximate surface area is 279 Å². The molecule has 0 aliphatic heterocycles. The minimum absolute atomic E-state index is 0.0597. The first-order chi connectivity index (χ1) is 22.5. The van der Waals surface area contributed by atoms with Crippen LogP contribution < -0.4 is 44.6 Å². The number of nitrogens with zero attached hydrogens (tertiary/aromatic N) is 1. The van der Waals surface area contributed by atoms with Gasteiger partial charge in [-0.15, -0.1) is 0 Å². The van der Waals surface area contributed by atoms with Gasteiger partial charge in [0.05, 0.1) is 25.1 Å². The number of aliphatic hydroxyl groups excluding tert-OH is 1. The molecule has 5 atom stereocenters. The second-order valence-corrected chi connectivity index (χ2v) is 11.7. The van der Waals surface area contributed by atoms with E-state index in [-0.39, 0.29) is 44.1 Å². The summed E-state index contributed by atoms with van der Waals surface area (Å²) in [4.78, 5) is 92.6. The van der Waals surface area contributed by atoms with Gasteiger partial charge in [-0.05, 0) is 30.7 Å². The number of rotatable bonds is 23. The standard InChI is InChI=1S/C31H49N9O8/c1-17(2)27(28(34)46)40-26(45)11-10-23(42)22(15-25(33)44)38-29(47)19(9-6-12-37-31(35)36)14-24(43)21(39-30(48)20(32)16-41)13-18-7-4-3-5-8-18/h3-5,7-8,17,19-22,27,41H,6,9-16,32H2,1-2H3,(H2,33,44)(H2,34,46)(H,38,47)(H,39,48)(H,40,45)(H4,35,36,37)/t19-,20+,21+,22+,27?/m1/s1. The highest BCUT2D eigenvalue weighted by molar-refractivity contribution is 5.97. The monoisotopic (exact) mass is 675 g/mol. The van der Waals surface area contributed by atoms with E-state index in [4.69, 9.17) is 28.7 Å². The zero-order chi connectivity index (χ0) is 36.4. The molecule has 14 N–H and O–H groups in total. The van der Waals surface area contributed by atoms with E-state index < -0.39 is 97.1 Å². The van der Waals surface area contributed by atoms with Crippen LogP contribution in [-0.2, 0) is 40.0 Å². The molecule has 17 nitrogen and oxygen atoms in total. The number of nitrogens with two attached hydrogens (primary N) is 5. The van der Waals surface area contributed by atoms with Crippen LogP contribution >= 0.6 is 0 Å². The van der Waals surface area contributed by atoms with E-state index in [0.29, 0.717) is 5.56 Å². The Kier molecular flexibility index (Phi) is 18.0. The van der Waals surface area contributed by atoms with Gasteiger partial charge < -0.3 is 49.7 Å². The van der Waals surface area contributed by atoms with Crippen molar-refractivity contribution in [3.05, 3.63) is 35.9 Å². The Bertz CT molecular complexity index is 1300. The van der Waals surface area contributed by atoms with Crippen molar-refractivity contribution in [3.63, 3.8) is 0 Å². The maximum Gasteiger partial charge on any atom is 0.240 e. The molecule has 17 heteroatoms. The SMILES string of the molecule is CC(C)C(NC(=O)CCC(=O)[C@H](CC(N)=O)NC(=O)[C@H](CCCN=C(N)N)CC(=O)[C@H](Cc1ccccc1)NC(=O)[C@@H](N)CO)C(N)=O. The highest BCUT2D eigenvalue weighted by Crippen LogP contribution is 2.17. The van der Waals surface area contributed by atoms with Crippen LogP contribution in [0.3, 0.4) is 0 Å². The Morgan fingerprint density at radius 1 is 0.812 bits per heavy atom. The molecule has 1 aromatic carbocycles. The minimum atomic E-state index is -1.42. The lowest BCUT2D eigenvalue weighted by Crippen LogP contribution is -2.51. The number of hydrogen-bond acceptors (Lipinski definition) is 10. The van der Waals surface area contributed by atoms with Crippen molar-refractivity contribution in [2.45, 2.75) is 83.0 Å². The topological polar surface area (TPSA) is 318 Å². The summed E-state index contributed by atoms with van der Waals surface area (Å²) in [6, 6.07) is 3.97. The van der Waals surface area contributed by atoms with E-state index in [2.05, 4.69) is 20.9 Å². The predicted octanol–water partition coefficient (Wildman–Crippen LogP) is -3.00. The molecule has 0 aliphatic carbocycles. The predicted molar refractivity (Wildman–Crippen MR) is 176 cm³/mol. The largest absolute Gasteiger partial charge is 0.394 e. The lowest BCUT2D eigenvalue weighted by atomic mass is 9.90. The summed E-state index contributed by atoms with van der Waals surface area (Å²) in [7, 11) is 0. The molecular weight excluding hydrogens is 626 g/mol. The maximum atomic E-state index is 13.6. The van der Waals surface area contributed by atoms with Crippen LogP contribution in [0.25, 0.3) is 0 Å². The second-order valence-electron chi connectivity index (χ2n) is 11.7. The van der Waals surface area contributed by atoms with E-state index in [1.165, 1.54) is 0 Å². The normalized spacial score (nSPS) is 14.0. The smallest absolute Gasteiger partial charge is 0.240 e. The van der Waals surface area contributed by atoms with Crippen molar-refractivity contribution in [2.75, 3.05) is 13.2 Å².